The van der Waals surface area contributed by atoms with Crippen LogP contribution in [0.4, 0.5) is 0 Å². The summed E-state index contributed by atoms with van der Waals surface area (Å²) in [5, 5.41) is 14.0. The van der Waals surface area contributed by atoms with E-state index >= 15 is 0 Å². The van der Waals surface area contributed by atoms with Crippen LogP contribution in [0.2, 0.25) is 0 Å². The Bertz CT molecular complexity index is 496. The molecule has 104 valence electrons. The van der Waals surface area contributed by atoms with E-state index < -0.39 is 0 Å². The van der Waals surface area contributed by atoms with Crippen molar-refractivity contribution < 1.29 is 0 Å². The van der Waals surface area contributed by atoms with Crippen LogP contribution in [-0.2, 0) is 18.5 Å². The molecule has 1 unspecified atom stereocenters. The molecule has 1 N–H and O–H groups in total. The lowest BCUT2D eigenvalue weighted by Crippen LogP contribution is -2.27. The minimum Gasteiger partial charge on any atom is -0.308 e. The Morgan fingerprint density at radius 1 is 1.42 bits per heavy atom. The highest BCUT2D eigenvalue weighted by molar-refractivity contribution is 7.09. The zero-order chi connectivity index (χ0) is 13.9. The minimum absolute atomic E-state index is 0.00612. The van der Waals surface area contributed by atoms with Gasteiger partial charge in [-0.15, -0.1) is 16.4 Å². The Hall–Kier alpha value is -1.20. The Labute approximate surface area is 118 Å². The first-order valence-corrected chi connectivity index (χ1v) is 7.50. The zero-order valence-corrected chi connectivity index (χ0v) is 12.9. The Balaban J connectivity index is 1.83. The second-order valence-electron chi connectivity index (χ2n) is 5.89. The van der Waals surface area contributed by atoms with Crippen LogP contribution >= 0.6 is 11.3 Å². The van der Waals surface area contributed by atoms with Gasteiger partial charge in [-0.3, -0.25) is 0 Å². The van der Waals surface area contributed by atoms with Gasteiger partial charge in [0.1, 0.15) is 0 Å². The van der Waals surface area contributed by atoms with Gasteiger partial charge in [-0.05, 0) is 45.6 Å². The molecule has 19 heavy (non-hydrogen) atoms. The second-order valence-corrected chi connectivity index (χ2v) is 6.92. The first-order valence-electron chi connectivity index (χ1n) is 6.62. The molecule has 5 heteroatoms. The van der Waals surface area contributed by atoms with Gasteiger partial charge < -0.3 is 5.32 Å². The number of rotatable bonds is 5. The van der Waals surface area contributed by atoms with Crippen molar-refractivity contribution in [2.45, 2.75) is 52.2 Å². The van der Waals surface area contributed by atoms with Gasteiger partial charge in [0.2, 0.25) is 0 Å². The lowest BCUT2D eigenvalue weighted by molar-refractivity contribution is 0.347. The lowest BCUT2D eigenvalue weighted by atomic mass is 10.1. The van der Waals surface area contributed by atoms with Crippen LogP contribution in [0, 0.1) is 0 Å². The average molecular weight is 278 g/mol. The molecule has 2 heterocycles. The van der Waals surface area contributed by atoms with Crippen LogP contribution < -0.4 is 5.32 Å². The third-order valence-corrected chi connectivity index (χ3v) is 3.85. The number of hydrogen-bond donors (Lipinski definition) is 1. The summed E-state index contributed by atoms with van der Waals surface area (Å²) in [6, 6.07) is 4.72. The fourth-order valence-corrected chi connectivity index (χ4v) is 2.62. The smallest absolute Gasteiger partial charge is 0.0965 e. The van der Waals surface area contributed by atoms with Crippen molar-refractivity contribution >= 4 is 11.3 Å². The van der Waals surface area contributed by atoms with Crippen LogP contribution in [0.1, 0.15) is 38.3 Å². The van der Waals surface area contributed by atoms with E-state index in [1.54, 1.807) is 0 Å². The molecule has 0 aromatic carbocycles. The summed E-state index contributed by atoms with van der Waals surface area (Å²) in [6.07, 6.45) is 3.08. The molecule has 0 amide bonds. The molecule has 0 saturated heterocycles. The van der Waals surface area contributed by atoms with Crippen LogP contribution in [0.25, 0.3) is 0 Å². The van der Waals surface area contributed by atoms with Gasteiger partial charge in [0.05, 0.1) is 17.4 Å². The molecule has 2 aromatic heterocycles. The second kappa shape index (κ2) is 5.84. The molecule has 4 nitrogen and oxygen atoms in total. The number of nitrogens with zero attached hydrogens (tertiary/aromatic N) is 3. The fourth-order valence-electron chi connectivity index (χ4n) is 1.79. The van der Waals surface area contributed by atoms with Crippen molar-refractivity contribution in [2.75, 3.05) is 0 Å². The number of aromatic nitrogens is 3. The van der Waals surface area contributed by atoms with Crippen molar-refractivity contribution in [3.8, 4) is 0 Å². The molecule has 0 spiro atoms. The average Bonchev–Trinajstić information content (AvgIpc) is 2.95. The zero-order valence-electron chi connectivity index (χ0n) is 12.1. The molecule has 0 fully saturated rings. The van der Waals surface area contributed by atoms with Crippen LogP contribution in [-0.4, -0.2) is 21.0 Å². The van der Waals surface area contributed by atoms with Gasteiger partial charge in [0, 0.05) is 17.5 Å². The summed E-state index contributed by atoms with van der Waals surface area (Å²) < 4.78 is 1.91. The van der Waals surface area contributed by atoms with Crippen molar-refractivity contribution in [3.63, 3.8) is 0 Å². The van der Waals surface area contributed by atoms with Crippen LogP contribution in [0.15, 0.2) is 23.7 Å². The standard InChI is InChI=1S/C14H22N4S/c1-11(8-13-6-5-7-19-13)15-9-12-10-18(17-16-12)14(2,3)4/h5-7,10-11,15H,8-9H2,1-4H3. The quantitative estimate of drug-likeness (QED) is 0.914. The van der Waals surface area contributed by atoms with E-state index in [2.05, 4.69) is 60.8 Å². The Morgan fingerprint density at radius 3 is 2.79 bits per heavy atom. The highest BCUT2D eigenvalue weighted by atomic mass is 32.1. The summed E-state index contributed by atoms with van der Waals surface area (Å²) in [5.74, 6) is 0. The van der Waals surface area contributed by atoms with E-state index in [9.17, 15) is 0 Å². The predicted octanol–water partition coefficient (Wildman–Crippen LogP) is 2.82. The number of nitrogens with one attached hydrogen (secondary N) is 1. The fraction of sp³-hybridized carbons (Fsp3) is 0.571. The first kappa shape index (κ1) is 14.2. The summed E-state index contributed by atoms with van der Waals surface area (Å²) >= 11 is 1.81. The molecular formula is C14H22N4S. The van der Waals surface area contributed by atoms with Crippen molar-refractivity contribution in [2.24, 2.45) is 0 Å². The van der Waals surface area contributed by atoms with Crippen molar-refractivity contribution in [3.05, 3.63) is 34.3 Å². The summed E-state index contributed by atoms with van der Waals surface area (Å²) in [5.41, 5.74) is 0.987. The Morgan fingerprint density at radius 2 is 2.21 bits per heavy atom. The van der Waals surface area contributed by atoms with E-state index in [1.807, 2.05) is 22.2 Å². The molecular weight excluding hydrogens is 256 g/mol. The van der Waals surface area contributed by atoms with E-state index in [4.69, 9.17) is 0 Å². The van der Waals surface area contributed by atoms with Gasteiger partial charge in [-0.2, -0.15) is 0 Å². The monoisotopic (exact) mass is 278 g/mol. The maximum absolute atomic E-state index is 4.20. The van der Waals surface area contributed by atoms with Crippen molar-refractivity contribution in [1.29, 1.82) is 0 Å². The largest absolute Gasteiger partial charge is 0.308 e. The van der Waals surface area contributed by atoms with E-state index in [1.165, 1.54) is 4.88 Å². The lowest BCUT2D eigenvalue weighted by Gasteiger charge is -2.17. The van der Waals surface area contributed by atoms with E-state index in [0.717, 1.165) is 18.7 Å². The maximum Gasteiger partial charge on any atom is 0.0965 e. The molecule has 0 saturated carbocycles. The van der Waals surface area contributed by atoms with Gasteiger partial charge in [-0.1, -0.05) is 11.3 Å². The maximum atomic E-state index is 4.20. The van der Waals surface area contributed by atoms with E-state index in [0.29, 0.717) is 6.04 Å². The first-order chi connectivity index (χ1) is 8.95. The third-order valence-electron chi connectivity index (χ3n) is 2.95. The number of hydrogen-bond acceptors (Lipinski definition) is 4. The molecule has 0 aliphatic rings. The summed E-state index contributed by atoms with van der Waals surface area (Å²) in [6.45, 7) is 9.34. The van der Waals surface area contributed by atoms with Gasteiger partial charge in [0.15, 0.2) is 0 Å². The third kappa shape index (κ3) is 4.14. The highest BCUT2D eigenvalue weighted by Crippen LogP contribution is 2.13. The molecule has 2 aromatic rings. The molecule has 0 aliphatic carbocycles. The Kier molecular flexibility index (Phi) is 4.37. The molecule has 0 radical (unpaired) electrons. The predicted molar refractivity (Wildman–Crippen MR) is 79.3 cm³/mol. The minimum atomic E-state index is -0.00612. The molecule has 2 rings (SSSR count). The molecule has 1 atom stereocenters. The summed E-state index contributed by atoms with van der Waals surface area (Å²) in [4.78, 5) is 1.42. The van der Waals surface area contributed by atoms with Crippen LogP contribution in [0.3, 0.4) is 0 Å². The highest BCUT2D eigenvalue weighted by Gasteiger charge is 2.15. The topological polar surface area (TPSA) is 42.7 Å². The molecule has 0 bridgehead atoms. The molecule has 0 aliphatic heterocycles. The van der Waals surface area contributed by atoms with Gasteiger partial charge >= 0.3 is 0 Å². The normalized spacial score (nSPS) is 13.7. The van der Waals surface area contributed by atoms with Gasteiger partial charge in [0.25, 0.3) is 0 Å². The SMILES string of the molecule is CC(Cc1cccs1)NCc1cn(C(C)(C)C)nn1. The van der Waals surface area contributed by atoms with Gasteiger partial charge in [-0.25, -0.2) is 4.68 Å². The van der Waals surface area contributed by atoms with Crippen molar-refractivity contribution in [1.82, 2.24) is 20.3 Å². The van der Waals surface area contributed by atoms with Crippen LogP contribution in [0.5, 0.6) is 0 Å². The number of thiophene rings is 1. The van der Waals surface area contributed by atoms with E-state index in [-0.39, 0.29) is 5.54 Å². The summed E-state index contributed by atoms with van der Waals surface area (Å²) in [7, 11) is 0.